The van der Waals surface area contributed by atoms with Crippen LogP contribution in [0.25, 0.3) is 11.1 Å². The largest absolute Gasteiger partial charge is 0.478 e. The highest BCUT2D eigenvalue weighted by molar-refractivity contribution is 6.04. The second kappa shape index (κ2) is 7.77. The van der Waals surface area contributed by atoms with E-state index < -0.39 is 5.97 Å². The van der Waals surface area contributed by atoms with E-state index in [0.717, 1.165) is 0 Å². The molecule has 4 heteroatoms. The molecular weight excluding hydrogens is 302 g/mol. The van der Waals surface area contributed by atoms with Gasteiger partial charge in [0.2, 0.25) is 0 Å². The van der Waals surface area contributed by atoms with Crippen LogP contribution in [0.4, 0.5) is 0 Å². The number of hydrogen-bond acceptors (Lipinski definition) is 2. The third kappa shape index (κ3) is 4.02. The Labute approximate surface area is 142 Å². The molecule has 0 saturated carbocycles. The van der Waals surface area contributed by atoms with Gasteiger partial charge in [0.25, 0.3) is 5.91 Å². The lowest BCUT2D eigenvalue weighted by atomic mass is 9.94. The van der Waals surface area contributed by atoms with Crippen molar-refractivity contribution in [3.63, 3.8) is 0 Å². The van der Waals surface area contributed by atoms with Crippen molar-refractivity contribution in [1.82, 2.24) is 5.32 Å². The molecule has 1 amide bonds. The maximum atomic E-state index is 12.6. The minimum absolute atomic E-state index is 0.182. The summed E-state index contributed by atoms with van der Waals surface area (Å²) >= 11 is 0. The summed E-state index contributed by atoms with van der Waals surface area (Å²) in [5, 5.41) is 12.3. The van der Waals surface area contributed by atoms with E-state index in [1.54, 1.807) is 42.5 Å². The molecule has 0 aliphatic rings. The normalized spacial score (nSPS) is 12.0. The maximum absolute atomic E-state index is 12.6. The first-order valence-corrected chi connectivity index (χ1v) is 8.11. The first-order chi connectivity index (χ1) is 11.4. The maximum Gasteiger partial charge on any atom is 0.336 e. The SMILES string of the molecule is CC(C)C(C)CNC(=O)c1ccccc1-c1ccccc1C(=O)O. The summed E-state index contributed by atoms with van der Waals surface area (Å²) < 4.78 is 0. The van der Waals surface area contributed by atoms with E-state index in [9.17, 15) is 14.7 Å². The minimum atomic E-state index is -1.01. The quantitative estimate of drug-likeness (QED) is 0.841. The van der Waals surface area contributed by atoms with Gasteiger partial charge in [0.15, 0.2) is 0 Å². The summed E-state index contributed by atoms with van der Waals surface area (Å²) in [7, 11) is 0. The Kier molecular flexibility index (Phi) is 5.74. The van der Waals surface area contributed by atoms with E-state index >= 15 is 0 Å². The summed E-state index contributed by atoms with van der Waals surface area (Å²) in [5.74, 6) is -0.340. The molecule has 24 heavy (non-hydrogen) atoms. The monoisotopic (exact) mass is 325 g/mol. The minimum Gasteiger partial charge on any atom is -0.478 e. The molecule has 2 aromatic carbocycles. The molecule has 0 aromatic heterocycles. The summed E-state index contributed by atoms with van der Waals surface area (Å²) in [6.45, 7) is 6.92. The van der Waals surface area contributed by atoms with Gasteiger partial charge in [0.05, 0.1) is 5.56 Å². The topological polar surface area (TPSA) is 66.4 Å². The molecule has 1 atom stereocenters. The molecule has 0 saturated heterocycles. The van der Waals surface area contributed by atoms with Crippen LogP contribution in [0.15, 0.2) is 48.5 Å². The third-order valence-electron chi connectivity index (χ3n) is 4.34. The van der Waals surface area contributed by atoms with Crippen LogP contribution in [0, 0.1) is 11.8 Å². The number of benzene rings is 2. The molecule has 4 nitrogen and oxygen atoms in total. The molecule has 2 N–H and O–H groups in total. The Morgan fingerprint density at radius 1 is 0.917 bits per heavy atom. The zero-order valence-electron chi connectivity index (χ0n) is 14.2. The number of hydrogen-bond donors (Lipinski definition) is 2. The van der Waals surface area contributed by atoms with Crippen LogP contribution in [0.5, 0.6) is 0 Å². The Morgan fingerprint density at radius 3 is 1.96 bits per heavy atom. The summed E-state index contributed by atoms with van der Waals surface area (Å²) in [5.41, 5.74) is 1.85. The smallest absolute Gasteiger partial charge is 0.336 e. The number of aromatic carboxylic acids is 1. The van der Waals surface area contributed by atoms with Crippen molar-refractivity contribution in [2.45, 2.75) is 20.8 Å². The third-order valence-corrected chi connectivity index (χ3v) is 4.34. The van der Waals surface area contributed by atoms with Crippen LogP contribution in [0.1, 0.15) is 41.5 Å². The average molecular weight is 325 g/mol. The summed E-state index contributed by atoms with van der Waals surface area (Å²) in [4.78, 5) is 24.1. The van der Waals surface area contributed by atoms with E-state index in [1.165, 1.54) is 0 Å². The van der Waals surface area contributed by atoms with Gasteiger partial charge in [-0.2, -0.15) is 0 Å². The van der Waals surface area contributed by atoms with Crippen molar-refractivity contribution in [1.29, 1.82) is 0 Å². The molecule has 2 aromatic rings. The average Bonchev–Trinajstić information content (AvgIpc) is 2.59. The van der Waals surface area contributed by atoms with Gasteiger partial charge < -0.3 is 10.4 Å². The van der Waals surface area contributed by atoms with E-state index in [0.29, 0.717) is 35.1 Å². The number of carboxylic acids is 1. The summed E-state index contributed by atoms with van der Waals surface area (Å²) in [6, 6.07) is 13.8. The highest BCUT2D eigenvalue weighted by Crippen LogP contribution is 2.27. The van der Waals surface area contributed by atoms with Gasteiger partial charge in [-0.1, -0.05) is 57.2 Å². The molecular formula is C20H23NO3. The van der Waals surface area contributed by atoms with Crippen molar-refractivity contribution in [3.8, 4) is 11.1 Å². The first kappa shape index (κ1) is 17.7. The molecule has 0 bridgehead atoms. The number of amides is 1. The van der Waals surface area contributed by atoms with Crippen LogP contribution in [-0.4, -0.2) is 23.5 Å². The standard InChI is InChI=1S/C20H23NO3/c1-13(2)14(3)12-21-19(22)17-10-6-4-8-15(17)16-9-5-7-11-18(16)20(23)24/h4-11,13-14H,12H2,1-3H3,(H,21,22)(H,23,24). The van der Waals surface area contributed by atoms with Gasteiger partial charge in [-0.05, 0) is 35.1 Å². The molecule has 0 aliphatic heterocycles. The van der Waals surface area contributed by atoms with Gasteiger partial charge in [-0.25, -0.2) is 4.79 Å². The number of carbonyl (C=O) groups is 2. The van der Waals surface area contributed by atoms with Crippen LogP contribution < -0.4 is 5.32 Å². The first-order valence-electron chi connectivity index (χ1n) is 8.11. The van der Waals surface area contributed by atoms with Gasteiger partial charge in [-0.3, -0.25) is 4.79 Å². The molecule has 0 fully saturated rings. The van der Waals surface area contributed by atoms with Gasteiger partial charge in [0, 0.05) is 12.1 Å². The van der Waals surface area contributed by atoms with Gasteiger partial charge in [0.1, 0.15) is 0 Å². The molecule has 1 unspecified atom stereocenters. The highest BCUT2D eigenvalue weighted by atomic mass is 16.4. The lowest BCUT2D eigenvalue weighted by Gasteiger charge is -2.17. The highest BCUT2D eigenvalue weighted by Gasteiger charge is 2.18. The molecule has 0 aliphatic carbocycles. The van der Waals surface area contributed by atoms with Crippen LogP contribution >= 0.6 is 0 Å². The molecule has 126 valence electrons. The number of rotatable bonds is 6. The van der Waals surface area contributed by atoms with Crippen molar-refractivity contribution < 1.29 is 14.7 Å². The molecule has 2 rings (SSSR count). The van der Waals surface area contributed by atoms with E-state index in [1.807, 2.05) is 6.07 Å². The lowest BCUT2D eigenvalue weighted by molar-refractivity contribution is 0.0697. The van der Waals surface area contributed by atoms with Crippen molar-refractivity contribution in [2.75, 3.05) is 6.54 Å². The molecule has 0 radical (unpaired) electrons. The Balaban J connectivity index is 2.35. The summed E-state index contributed by atoms with van der Waals surface area (Å²) in [6.07, 6.45) is 0. The van der Waals surface area contributed by atoms with Crippen molar-refractivity contribution >= 4 is 11.9 Å². The second-order valence-electron chi connectivity index (χ2n) is 6.33. The molecule has 0 spiro atoms. The van der Waals surface area contributed by atoms with Crippen molar-refractivity contribution in [2.24, 2.45) is 11.8 Å². The van der Waals surface area contributed by atoms with E-state index in [2.05, 4.69) is 26.1 Å². The zero-order chi connectivity index (χ0) is 17.7. The fraction of sp³-hybridized carbons (Fsp3) is 0.300. The Bertz CT molecular complexity index is 737. The van der Waals surface area contributed by atoms with Crippen molar-refractivity contribution in [3.05, 3.63) is 59.7 Å². The fourth-order valence-electron chi connectivity index (χ4n) is 2.41. The number of carboxylic acid groups (broad SMARTS) is 1. The second-order valence-corrected chi connectivity index (χ2v) is 6.33. The Morgan fingerprint density at radius 2 is 1.42 bits per heavy atom. The van der Waals surface area contributed by atoms with E-state index in [4.69, 9.17) is 0 Å². The predicted molar refractivity (Wildman–Crippen MR) is 95.2 cm³/mol. The van der Waals surface area contributed by atoms with Crippen LogP contribution in [0.2, 0.25) is 0 Å². The Hall–Kier alpha value is -2.62. The van der Waals surface area contributed by atoms with Gasteiger partial charge in [-0.15, -0.1) is 0 Å². The predicted octanol–water partition coefficient (Wildman–Crippen LogP) is 4.07. The van der Waals surface area contributed by atoms with Gasteiger partial charge >= 0.3 is 5.97 Å². The van der Waals surface area contributed by atoms with Crippen LogP contribution in [0.3, 0.4) is 0 Å². The number of carbonyl (C=O) groups excluding carboxylic acids is 1. The lowest BCUT2D eigenvalue weighted by Crippen LogP contribution is -2.30. The fourth-order valence-corrected chi connectivity index (χ4v) is 2.41. The van der Waals surface area contributed by atoms with Crippen LogP contribution in [-0.2, 0) is 0 Å². The number of nitrogens with one attached hydrogen (secondary N) is 1. The zero-order valence-corrected chi connectivity index (χ0v) is 14.2. The molecule has 0 heterocycles. The van der Waals surface area contributed by atoms with E-state index in [-0.39, 0.29) is 11.5 Å².